The average molecular weight is 178 g/mol. The van der Waals surface area contributed by atoms with Gasteiger partial charge in [0.05, 0.1) is 0 Å². The van der Waals surface area contributed by atoms with Gasteiger partial charge in [-0.1, -0.05) is 38.1 Å². The molecule has 0 fully saturated rings. The highest BCUT2D eigenvalue weighted by Crippen LogP contribution is 2.41. The molecule has 0 heteroatoms. The van der Waals surface area contributed by atoms with Crippen molar-refractivity contribution in [2.75, 3.05) is 0 Å². The van der Waals surface area contributed by atoms with Crippen molar-refractivity contribution in [1.82, 2.24) is 0 Å². The minimum atomic E-state index is -1.60. The van der Waals surface area contributed by atoms with Crippen LogP contribution in [-0.4, -0.2) is 0 Å². The first-order valence-electron chi connectivity index (χ1n) is 6.95. The zero-order chi connectivity index (χ0) is 12.9. The summed E-state index contributed by atoms with van der Waals surface area (Å²) in [6, 6.07) is 7.02. The van der Waals surface area contributed by atoms with Crippen molar-refractivity contribution in [3.8, 4) is 0 Å². The molecule has 0 nitrogen and oxygen atoms in total. The lowest BCUT2D eigenvalue weighted by Crippen LogP contribution is -2.18. The zero-order valence-corrected chi connectivity index (χ0v) is 8.22. The molecule has 0 spiro atoms. The zero-order valence-electron chi connectivity index (χ0n) is 12.2. The fourth-order valence-electron chi connectivity index (χ4n) is 1.85. The van der Waals surface area contributed by atoms with Gasteiger partial charge < -0.3 is 0 Å². The van der Waals surface area contributed by atoms with Crippen LogP contribution in [0.25, 0.3) is 0 Å². The van der Waals surface area contributed by atoms with Crippen molar-refractivity contribution in [2.45, 2.75) is 39.4 Å². The molecule has 13 heavy (non-hydrogen) atoms. The molecule has 1 aromatic carbocycles. The van der Waals surface area contributed by atoms with Crippen LogP contribution in [0, 0.1) is 5.41 Å². The first kappa shape index (κ1) is 5.19. The van der Waals surface area contributed by atoms with Gasteiger partial charge in [0.15, 0.2) is 0 Å². The number of hydrogen-bond acceptors (Lipinski definition) is 0. The van der Waals surface area contributed by atoms with E-state index >= 15 is 0 Å². The van der Waals surface area contributed by atoms with E-state index in [9.17, 15) is 0 Å². The Labute approximate surface area is 86.6 Å². The molecule has 0 aromatic heterocycles. The van der Waals surface area contributed by atoms with E-state index in [0.29, 0.717) is 24.0 Å². The minimum absolute atomic E-state index is 0.498. The summed E-state index contributed by atoms with van der Waals surface area (Å²) < 4.78 is 33.4. The second-order valence-electron chi connectivity index (χ2n) is 3.58. The lowest BCUT2D eigenvalue weighted by molar-refractivity contribution is 0.280. The van der Waals surface area contributed by atoms with Crippen molar-refractivity contribution in [2.24, 2.45) is 5.41 Å². The molecule has 0 saturated heterocycles. The van der Waals surface area contributed by atoms with E-state index in [1.165, 1.54) is 0 Å². The summed E-state index contributed by atoms with van der Waals surface area (Å²) in [5, 5.41) is 0. The lowest BCUT2D eigenvalue weighted by Gasteiger charge is -2.25. The van der Waals surface area contributed by atoms with Crippen LogP contribution in [0.4, 0.5) is 0 Å². The Morgan fingerprint density at radius 3 is 2.00 bits per heavy atom. The molecule has 0 heterocycles. The molecule has 0 bridgehead atoms. The lowest BCUT2D eigenvalue weighted by atomic mass is 9.80. The van der Waals surface area contributed by atoms with Crippen LogP contribution < -0.4 is 0 Å². The van der Waals surface area contributed by atoms with Crippen LogP contribution in [-0.2, 0) is 12.7 Å². The van der Waals surface area contributed by atoms with E-state index in [0.717, 1.165) is 0 Å². The molecular weight excluding hydrogens is 156 g/mol. The van der Waals surface area contributed by atoms with Gasteiger partial charge in [0.25, 0.3) is 0 Å². The van der Waals surface area contributed by atoms with Crippen molar-refractivity contribution in [3.05, 3.63) is 35.4 Å². The Balaban J connectivity index is 2.77. The summed E-state index contributed by atoms with van der Waals surface area (Å²) in [5.41, 5.74) is 0.0892. The van der Waals surface area contributed by atoms with E-state index in [4.69, 9.17) is 5.48 Å². The van der Waals surface area contributed by atoms with Gasteiger partial charge in [-0.2, -0.15) is 0 Å². The van der Waals surface area contributed by atoms with Crippen LogP contribution in [0.1, 0.15) is 43.3 Å². The summed E-state index contributed by atoms with van der Waals surface area (Å²) in [6.07, 6.45) is -2.20. The first-order valence-corrected chi connectivity index (χ1v) is 4.95. The Morgan fingerprint density at radius 2 is 1.62 bits per heavy atom. The molecule has 0 N–H and O–H groups in total. The van der Waals surface area contributed by atoms with Crippen LogP contribution in [0.2, 0.25) is 0 Å². The van der Waals surface area contributed by atoms with E-state index in [2.05, 4.69) is 0 Å². The highest BCUT2D eigenvalue weighted by molar-refractivity contribution is 5.34. The predicted molar refractivity (Wildman–Crippen MR) is 56.9 cm³/mol. The molecular formula is C13H18. The molecule has 1 aliphatic rings. The molecule has 1 aliphatic carbocycles. The molecule has 0 atom stereocenters. The smallest absolute Gasteiger partial charge is 0.0322 e. The number of hydrogen-bond donors (Lipinski definition) is 0. The molecule has 0 aliphatic heterocycles. The SMILES string of the molecule is [2H]C1([2H])c2ccccc2C([2H])([2H])C1(CC)CC. The Bertz CT molecular complexity index is 396. The summed E-state index contributed by atoms with van der Waals surface area (Å²) in [6.45, 7) is 3.76. The molecule has 1 aromatic rings. The highest BCUT2D eigenvalue weighted by atomic mass is 14.4. The Hall–Kier alpha value is -0.780. The van der Waals surface area contributed by atoms with Crippen LogP contribution in [0.15, 0.2) is 24.3 Å². The van der Waals surface area contributed by atoms with Gasteiger partial charge in [-0.15, -0.1) is 0 Å². The third kappa shape index (κ3) is 1.39. The molecule has 70 valence electrons. The second-order valence-corrected chi connectivity index (χ2v) is 3.58. The number of benzene rings is 1. The normalized spacial score (nSPS) is 30.9. The summed E-state index contributed by atoms with van der Waals surface area (Å²) >= 11 is 0. The van der Waals surface area contributed by atoms with Crippen LogP contribution >= 0.6 is 0 Å². The molecule has 0 radical (unpaired) electrons. The van der Waals surface area contributed by atoms with Gasteiger partial charge in [-0.3, -0.25) is 0 Å². The van der Waals surface area contributed by atoms with Crippen molar-refractivity contribution in [1.29, 1.82) is 0 Å². The highest BCUT2D eigenvalue weighted by Gasteiger charge is 2.33. The van der Waals surface area contributed by atoms with Gasteiger partial charge in [0.1, 0.15) is 0 Å². The van der Waals surface area contributed by atoms with Crippen LogP contribution in [0.5, 0.6) is 0 Å². The minimum Gasteiger partial charge on any atom is -0.0648 e. The maximum Gasteiger partial charge on any atom is 0.0322 e. The van der Waals surface area contributed by atoms with Gasteiger partial charge in [0, 0.05) is 5.48 Å². The standard InChI is InChI=1S/C13H18/c1-3-13(4-2)9-11-7-5-6-8-12(11)10-13/h5-8H,3-4,9-10H2,1-2H3/i9D2,10D2. The summed E-state index contributed by atoms with van der Waals surface area (Å²) in [7, 11) is 0. The van der Waals surface area contributed by atoms with Crippen molar-refractivity contribution >= 4 is 0 Å². The van der Waals surface area contributed by atoms with Crippen molar-refractivity contribution in [3.63, 3.8) is 0 Å². The molecule has 0 unspecified atom stereocenters. The fourth-order valence-corrected chi connectivity index (χ4v) is 1.85. The number of fused-ring (bicyclic) bond motifs is 1. The third-order valence-corrected chi connectivity index (χ3v) is 2.88. The molecule has 0 saturated carbocycles. The molecule has 2 rings (SSSR count). The van der Waals surface area contributed by atoms with Gasteiger partial charge in [0.2, 0.25) is 0 Å². The monoisotopic (exact) mass is 178 g/mol. The summed E-state index contributed by atoms with van der Waals surface area (Å²) in [4.78, 5) is 0. The van der Waals surface area contributed by atoms with Crippen LogP contribution in [0.3, 0.4) is 0 Å². The largest absolute Gasteiger partial charge is 0.0648 e. The van der Waals surface area contributed by atoms with E-state index < -0.39 is 18.2 Å². The average Bonchev–Trinajstić information content (AvgIpc) is 2.43. The van der Waals surface area contributed by atoms with Crippen molar-refractivity contribution < 1.29 is 5.48 Å². The van der Waals surface area contributed by atoms with Gasteiger partial charge in [-0.05, 0) is 42.1 Å². The third-order valence-electron chi connectivity index (χ3n) is 2.88. The van der Waals surface area contributed by atoms with E-state index in [-0.39, 0.29) is 0 Å². The van der Waals surface area contributed by atoms with Gasteiger partial charge >= 0.3 is 0 Å². The Morgan fingerprint density at radius 1 is 1.15 bits per heavy atom. The summed E-state index contributed by atoms with van der Waals surface area (Å²) in [5.74, 6) is 0. The Kier molecular flexibility index (Phi) is 1.27. The quantitative estimate of drug-likeness (QED) is 0.649. The maximum absolute atomic E-state index is 8.36. The van der Waals surface area contributed by atoms with E-state index in [1.807, 2.05) is 13.8 Å². The topological polar surface area (TPSA) is 0 Å². The molecule has 0 amide bonds. The predicted octanol–water partition coefficient (Wildman–Crippen LogP) is 3.59. The second kappa shape index (κ2) is 3.17. The van der Waals surface area contributed by atoms with Gasteiger partial charge in [-0.25, -0.2) is 0 Å². The fraction of sp³-hybridized carbons (Fsp3) is 0.538. The number of rotatable bonds is 2. The van der Waals surface area contributed by atoms with E-state index in [1.54, 1.807) is 24.3 Å². The first-order chi connectivity index (χ1) is 7.85. The maximum atomic E-state index is 8.36.